The number of ether oxygens (including phenoxy) is 1. The van der Waals surface area contributed by atoms with Crippen molar-refractivity contribution in [2.75, 3.05) is 7.11 Å². The lowest BCUT2D eigenvalue weighted by molar-refractivity contribution is 0.213. The molecule has 112 valence electrons. The fourth-order valence-corrected chi connectivity index (χ4v) is 3.20. The summed E-state index contributed by atoms with van der Waals surface area (Å²) in [6.07, 6.45) is -0.697. The van der Waals surface area contributed by atoms with Crippen molar-refractivity contribution in [3.05, 3.63) is 62.1 Å². The van der Waals surface area contributed by atoms with Gasteiger partial charge in [-0.2, -0.15) is 0 Å². The number of aryl methyl sites for hydroxylation is 4. The molecule has 2 aromatic carbocycles. The third kappa shape index (κ3) is 3.14. The maximum Gasteiger partial charge on any atom is 0.125 e. The Bertz CT molecular complexity index is 654. The minimum Gasteiger partial charge on any atom is -0.496 e. The summed E-state index contributed by atoms with van der Waals surface area (Å²) in [5.74, 6) is 0.711. The molecule has 0 aliphatic carbocycles. The molecule has 0 radical (unpaired) electrons. The smallest absolute Gasteiger partial charge is 0.125 e. The van der Waals surface area contributed by atoms with Crippen molar-refractivity contribution in [2.24, 2.45) is 0 Å². The lowest BCUT2D eigenvalue weighted by Crippen LogP contribution is -2.07. The highest BCUT2D eigenvalue weighted by atomic mass is 79.9. The molecule has 0 heterocycles. The van der Waals surface area contributed by atoms with Crippen LogP contribution in [0.5, 0.6) is 5.75 Å². The van der Waals surface area contributed by atoms with E-state index in [4.69, 9.17) is 4.74 Å². The summed E-state index contributed by atoms with van der Waals surface area (Å²) in [5.41, 5.74) is 6.22. The van der Waals surface area contributed by atoms with E-state index < -0.39 is 6.10 Å². The third-order valence-corrected chi connectivity index (χ3v) is 4.67. The minimum absolute atomic E-state index is 0.697. The summed E-state index contributed by atoms with van der Waals surface area (Å²) in [5, 5.41) is 10.9. The van der Waals surface area contributed by atoms with Gasteiger partial charge in [0, 0.05) is 10.0 Å². The molecule has 0 bridgehead atoms. The second kappa shape index (κ2) is 6.20. The van der Waals surface area contributed by atoms with Gasteiger partial charge in [0.15, 0.2) is 0 Å². The zero-order chi connectivity index (χ0) is 15.7. The molecule has 0 aliphatic rings. The van der Waals surface area contributed by atoms with E-state index in [1.807, 2.05) is 32.9 Å². The fraction of sp³-hybridized carbons (Fsp3) is 0.333. The van der Waals surface area contributed by atoms with E-state index in [-0.39, 0.29) is 0 Å². The molecule has 21 heavy (non-hydrogen) atoms. The molecular weight excluding hydrogens is 328 g/mol. The second-order valence-corrected chi connectivity index (χ2v) is 6.41. The average Bonchev–Trinajstić information content (AvgIpc) is 2.39. The van der Waals surface area contributed by atoms with Gasteiger partial charge in [-0.3, -0.25) is 0 Å². The van der Waals surface area contributed by atoms with Crippen molar-refractivity contribution in [3.8, 4) is 5.75 Å². The van der Waals surface area contributed by atoms with Crippen LogP contribution in [-0.2, 0) is 0 Å². The number of hydrogen-bond donors (Lipinski definition) is 1. The molecule has 1 atom stereocenters. The first kappa shape index (κ1) is 16.1. The Balaban J connectivity index is 2.60. The molecule has 3 heteroatoms. The number of benzene rings is 2. The number of aliphatic hydroxyl groups is 1. The van der Waals surface area contributed by atoms with Crippen molar-refractivity contribution in [1.82, 2.24) is 0 Å². The molecule has 0 saturated heterocycles. The van der Waals surface area contributed by atoms with Crippen LogP contribution in [-0.4, -0.2) is 12.2 Å². The van der Waals surface area contributed by atoms with E-state index in [1.54, 1.807) is 7.11 Å². The number of rotatable bonds is 3. The van der Waals surface area contributed by atoms with Gasteiger partial charge < -0.3 is 9.84 Å². The molecular formula is C18H21BrO2. The Labute approximate surface area is 134 Å². The van der Waals surface area contributed by atoms with Gasteiger partial charge in [-0.05, 0) is 62.1 Å². The molecule has 0 aromatic heterocycles. The zero-order valence-electron chi connectivity index (χ0n) is 13.1. The number of hydrogen-bond acceptors (Lipinski definition) is 2. The van der Waals surface area contributed by atoms with Crippen LogP contribution >= 0.6 is 15.9 Å². The van der Waals surface area contributed by atoms with E-state index >= 15 is 0 Å². The Morgan fingerprint density at radius 1 is 0.952 bits per heavy atom. The predicted molar refractivity (Wildman–Crippen MR) is 90.1 cm³/mol. The van der Waals surface area contributed by atoms with Crippen molar-refractivity contribution < 1.29 is 9.84 Å². The normalized spacial score (nSPS) is 12.3. The zero-order valence-corrected chi connectivity index (χ0v) is 14.7. The molecule has 0 amide bonds. The highest BCUT2D eigenvalue weighted by Gasteiger charge is 2.20. The van der Waals surface area contributed by atoms with Gasteiger partial charge in [0.05, 0.1) is 7.11 Å². The Morgan fingerprint density at radius 3 is 2.05 bits per heavy atom. The van der Waals surface area contributed by atoms with Crippen molar-refractivity contribution in [3.63, 3.8) is 0 Å². The SMILES string of the molecule is COc1cc(C)c(Br)cc1C(O)c1c(C)cc(C)cc1C. The van der Waals surface area contributed by atoms with Crippen molar-refractivity contribution >= 4 is 15.9 Å². The van der Waals surface area contributed by atoms with Crippen LogP contribution in [0.4, 0.5) is 0 Å². The first-order valence-electron chi connectivity index (χ1n) is 6.95. The van der Waals surface area contributed by atoms with Gasteiger partial charge >= 0.3 is 0 Å². The van der Waals surface area contributed by atoms with E-state index in [0.29, 0.717) is 5.75 Å². The maximum atomic E-state index is 10.9. The van der Waals surface area contributed by atoms with Gasteiger partial charge in [0.2, 0.25) is 0 Å². The minimum atomic E-state index is -0.697. The molecule has 2 aromatic rings. The van der Waals surface area contributed by atoms with Crippen LogP contribution in [0.25, 0.3) is 0 Å². The summed E-state index contributed by atoms with van der Waals surface area (Å²) in [7, 11) is 1.63. The molecule has 0 spiro atoms. The third-order valence-electron chi connectivity index (χ3n) is 3.82. The van der Waals surface area contributed by atoms with Crippen LogP contribution < -0.4 is 4.74 Å². The van der Waals surface area contributed by atoms with Crippen molar-refractivity contribution in [1.29, 1.82) is 0 Å². The predicted octanol–water partition coefficient (Wildman–Crippen LogP) is 4.77. The molecule has 1 unspecified atom stereocenters. The van der Waals surface area contributed by atoms with Gasteiger partial charge in [-0.15, -0.1) is 0 Å². The Hall–Kier alpha value is -1.32. The van der Waals surface area contributed by atoms with Gasteiger partial charge in [-0.1, -0.05) is 33.6 Å². The summed E-state index contributed by atoms with van der Waals surface area (Å²) >= 11 is 3.53. The Kier molecular flexibility index (Phi) is 4.74. The summed E-state index contributed by atoms with van der Waals surface area (Å²) < 4.78 is 6.42. The molecule has 2 rings (SSSR count). The molecule has 2 nitrogen and oxygen atoms in total. The lowest BCUT2D eigenvalue weighted by atomic mass is 9.91. The maximum absolute atomic E-state index is 10.9. The summed E-state index contributed by atoms with van der Waals surface area (Å²) in [4.78, 5) is 0. The van der Waals surface area contributed by atoms with Crippen LogP contribution in [0.2, 0.25) is 0 Å². The van der Waals surface area contributed by atoms with Crippen molar-refractivity contribution in [2.45, 2.75) is 33.8 Å². The van der Waals surface area contributed by atoms with Crippen LogP contribution in [0.3, 0.4) is 0 Å². The number of methoxy groups -OCH3 is 1. The summed E-state index contributed by atoms with van der Waals surface area (Å²) in [6, 6.07) is 8.08. The summed E-state index contributed by atoms with van der Waals surface area (Å²) in [6.45, 7) is 8.15. The first-order valence-corrected chi connectivity index (χ1v) is 7.74. The quantitative estimate of drug-likeness (QED) is 0.865. The van der Waals surface area contributed by atoms with E-state index in [9.17, 15) is 5.11 Å². The van der Waals surface area contributed by atoms with Crippen LogP contribution in [0.15, 0.2) is 28.7 Å². The van der Waals surface area contributed by atoms with Gasteiger partial charge in [-0.25, -0.2) is 0 Å². The van der Waals surface area contributed by atoms with Crippen LogP contribution in [0.1, 0.15) is 39.5 Å². The molecule has 0 saturated carbocycles. The molecule has 0 fully saturated rings. The molecule has 1 N–H and O–H groups in total. The topological polar surface area (TPSA) is 29.5 Å². The average molecular weight is 349 g/mol. The second-order valence-electron chi connectivity index (χ2n) is 5.56. The van der Waals surface area contributed by atoms with Gasteiger partial charge in [0.25, 0.3) is 0 Å². The standard InChI is InChI=1S/C18H21BrO2/c1-10-6-12(3)17(13(4)7-10)18(20)14-9-15(19)11(2)8-16(14)21-5/h6-9,18,20H,1-5H3. The van der Waals surface area contributed by atoms with Gasteiger partial charge in [0.1, 0.15) is 11.9 Å². The van der Waals surface area contributed by atoms with Crippen LogP contribution in [0, 0.1) is 27.7 Å². The number of aliphatic hydroxyl groups excluding tert-OH is 1. The first-order chi connectivity index (χ1) is 9.85. The lowest BCUT2D eigenvalue weighted by Gasteiger charge is -2.21. The van der Waals surface area contributed by atoms with E-state index in [1.165, 1.54) is 5.56 Å². The Morgan fingerprint density at radius 2 is 1.52 bits per heavy atom. The van der Waals surface area contributed by atoms with E-state index in [0.717, 1.165) is 32.3 Å². The van der Waals surface area contributed by atoms with E-state index in [2.05, 4.69) is 35.0 Å². The highest BCUT2D eigenvalue weighted by Crippen LogP contribution is 2.36. The fourth-order valence-electron chi connectivity index (χ4n) is 2.84. The number of halogens is 1. The highest BCUT2D eigenvalue weighted by molar-refractivity contribution is 9.10. The molecule has 0 aliphatic heterocycles. The monoisotopic (exact) mass is 348 g/mol. The largest absolute Gasteiger partial charge is 0.496 e.